The Hall–Kier alpha value is -1.94. The molecule has 3 nitrogen and oxygen atoms in total. The number of rotatable bonds is 6. The highest BCUT2D eigenvalue weighted by Crippen LogP contribution is 2.22. The molecule has 2 rings (SSSR count). The number of hydrogen-bond acceptors (Lipinski definition) is 3. The Morgan fingerprint density at radius 2 is 1.95 bits per heavy atom. The van der Waals surface area contributed by atoms with Crippen LogP contribution in [0.5, 0.6) is 5.75 Å². The summed E-state index contributed by atoms with van der Waals surface area (Å²) in [5, 5.41) is 0. The molecule has 0 spiro atoms. The summed E-state index contributed by atoms with van der Waals surface area (Å²) in [6, 6.07) is 12.2. The van der Waals surface area contributed by atoms with Crippen molar-refractivity contribution in [2.45, 2.75) is 26.1 Å². The number of pyridine rings is 1. The highest BCUT2D eigenvalue weighted by atomic mass is 28.4. The van der Waals surface area contributed by atoms with Gasteiger partial charge in [-0.3, -0.25) is 9.98 Å². The molecule has 0 aliphatic heterocycles. The van der Waals surface area contributed by atoms with E-state index < -0.39 is 8.32 Å². The molecule has 0 saturated carbocycles. The summed E-state index contributed by atoms with van der Waals surface area (Å²) in [6.45, 7) is 7.35. The first-order chi connectivity index (χ1) is 10.0. The molecule has 1 aromatic carbocycles. The van der Waals surface area contributed by atoms with E-state index in [1.54, 1.807) is 6.20 Å². The monoisotopic (exact) mass is 298 g/mol. The van der Waals surface area contributed by atoms with E-state index in [9.17, 15) is 0 Å². The average Bonchev–Trinajstić information content (AvgIpc) is 2.45. The van der Waals surface area contributed by atoms with Crippen molar-refractivity contribution in [2.75, 3.05) is 6.54 Å². The topological polar surface area (TPSA) is 34.5 Å². The van der Waals surface area contributed by atoms with Crippen LogP contribution in [0.25, 0.3) is 0 Å². The summed E-state index contributed by atoms with van der Waals surface area (Å²) in [6.07, 6.45) is 6.33. The van der Waals surface area contributed by atoms with E-state index in [4.69, 9.17) is 4.43 Å². The molecule has 0 atom stereocenters. The second kappa shape index (κ2) is 7.18. The molecule has 4 heteroatoms. The zero-order chi connectivity index (χ0) is 15.1. The molecule has 0 N–H and O–H groups in total. The molecule has 1 heterocycles. The summed E-state index contributed by atoms with van der Waals surface area (Å²) in [4.78, 5) is 8.53. The maximum atomic E-state index is 6.13. The lowest BCUT2D eigenvalue weighted by Crippen LogP contribution is -2.29. The lowest BCUT2D eigenvalue weighted by atomic mass is 10.1. The number of aliphatic imine (C=N–C) groups is 1. The van der Waals surface area contributed by atoms with Gasteiger partial charge in [-0.15, -0.1) is 0 Å². The van der Waals surface area contributed by atoms with E-state index in [0.29, 0.717) is 0 Å². The van der Waals surface area contributed by atoms with Gasteiger partial charge < -0.3 is 4.43 Å². The van der Waals surface area contributed by atoms with Gasteiger partial charge in [-0.25, -0.2) is 0 Å². The van der Waals surface area contributed by atoms with Crippen LogP contribution in [-0.4, -0.2) is 26.1 Å². The van der Waals surface area contributed by atoms with Gasteiger partial charge in [0.15, 0.2) is 0 Å². The summed E-state index contributed by atoms with van der Waals surface area (Å²) in [5.74, 6) is 1.01. The van der Waals surface area contributed by atoms with Gasteiger partial charge in [0.2, 0.25) is 8.32 Å². The van der Waals surface area contributed by atoms with Crippen molar-refractivity contribution in [2.24, 2.45) is 4.99 Å². The van der Waals surface area contributed by atoms with Gasteiger partial charge in [-0.2, -0.15) is 0 Å². The molecule has 2 aromatic rings. The van der Waals surface area contributed by atoms with Crippen molar-refractivity contribution >= 4 is 14.5 Å². The van der Waals surface area contributed by atoms with Crippen molar-refractivity contribution in [3.05, 3.63) is 59.9 Å². The molecular formula is C17H22N2OSi. The van der Waals surface area contributed by atoms with Crippen molar-refractivity contribution < 1.29 is 4.43 Å². The Morgan fingerprint density at radius 1 is 1.14 bits per heavy atom. The Balaban J connectivity index is 1.96. The lowest BCUT2D eigenvalue weighted by Gasteiger charge is -2.21. The van der Waals surface area contributed by atoms with Gasteiger partial charge in [-0.1, -0.05) is 24.3 Å². The third-order valence-electron chi connectivity index (χ3n) is 2.82. The number of hydrogen-bond donors (Lipinski definition) is 0. The normalized spacial score (nSPS) is 11.8. The molecule has 0 bridgehead atoms. The van der Waals surface area contributed by atoms with Gasteiger partial charge in [-0.05, 0) is 43.8 Å². The number of aromatic nitrogens is 1. The maximum absolute atomic E-state index is 6.13. The molecule has 21 heavy (non-hydrogen) atoms. The third kappa shape index (κ3) is 5.51. The Labute approximate surface area is 127 Å². The van der Waals surface area contributed by atoms with Crippen LogP contribution < -0.4 is 4.43 Å². The van der Waals surface area contributed by atoms with Crippen molar-refractivity contribution in [3.63, 3.8) is 0 Å². The van der Waals surface area contributed by atoms with Gasteiger partial charge >= 0.3 is 0 Å². The minimum atomic E-state index is -1.58. The molecule has 0 amide bonds. The first-order valence-electron chi connectivity index (χ1n) is 7.21. The van der Waals surface area contributed by atoms with Crippen LogP contribution in [0.4, 0.5) is 0 Å². The molecule has 0 aliphatic rings. The van der Waals surface area contributed by atoms with Crippen LogP contribution in [0.1, 0.15) is 11.1 Å². The van der Waals surface area contributed by atoms with Crippen LogP contribution in [0.15, 0.2) is 53.8 Å². The quantitative estimate of drug-likeness (QED) is 0.597. The van der Waals surface area contributed by atoms with Crippen LogP contribution in [-0.2, 0) is 6.42 Å². The average molecular weight is 298 g/mol. The van der Waals surface area contributed by atoms with Crippen LogP contribution >= 0.6 is 0 Å². The standard InChI is InChI=1S/C17H22N2OSi/c1-21(2,3)20-17-9-5-4-8-16(17)10-12-19-14-15-7-6-11-18-13-15/h4-9,11,13-14H,10,12H2,1-3H3. The summed E-state index contributed by atoms with van der Waals surface area (Å²) in [5.41, 5.74) is 2.26. The zero-order valence-corrected chi connectivity index (χ0v) is 13.9. The van der Waals surface area contributed by atoms with Crippen molar-refractivity contribution in [1.29, 1.82) is 0 Å². The predicted octanol–water partition coefficient (Wildman–Crippen LogP) is 3.96. The molecule has 0 radical (unpaired) electrons. The fraction of sp³-hybridized carbons (Fsp3) is 0.294. The Bertz CT molecular complexity index is 591. The molecule has 0 saturated heterocycles. The van der Waals surface area contributed by atoms with Crippen LogP contribution in [0.2, 0.25) is 19.6 Å². The van der Waals surface area contributed by atoms with Crippen LogP contribution in [0, 0.1) is 0 Å². The fourth-order valence-electron chi connectivity index (χ4n) is 1.95. The number of benzene rings is 1. The van der Waals surface area contributed by atoms with E-state index in [1.165, 1.54) is 5.56 Å². The van der Waals surface area contributed by atoms with Crippen LogP contribution in [0.3, 0.4) is 0 Å². The summed E-state index contributed by atoms with van der Waals surface area (Å²) in [7, 11) is -1.58. The van der Waals surface area contributed by atoms with Gasteiger partial charge in [0, 0.05) is 30.7 Å². The Kier molecular flexibility index (Phi) is 5.28. The second-order valence-corrected chi connectivity index (χ2v) is 10.3. The Morgan fingerprint density at radius 3 is 2.67 bits per heavy atom. The highest BCUT2D eigenvalue weighted by Gasteiger charge is 2.17. The van der Waals surface area contributed by atoms with E-state index in [0.717, 1.165) is 24.3 Å². The molecule has 0 fully saturated rings. The molecule has 0 unspecified atom stereocenters. The van der Waals surface area contributed by atoms with E-state index in [-0.39, 0.29) is 0 Å². The lowest BCUT2D eigenvalue weighted by molar-refractivity contribution is 0.549. The van der Waals surface area contributed by atoms with Crippen molar-refractivity contribution in [3.8, 4) is 5.75 Å². The first-order valence-corrected chi connectivity index (χ1v) is 10.6. The minimum absolute atomic E-state index is 0.751. The molecule has 110 valence electrons. The van der Waals surface area contributed by atoms with Crippen molar-refractivity contribution in [1.82, 2.24) is 4.98 Å². The molecule has 1 aromatic heterocycles. The largest absolute Gasteiger partial charge is 0.544 e. The third-order valence-corrected chi connectivity index (χ3v) is 3.66. The second-order valence-electron chi connectivity index (χ2n) is 5.89. The van der Waals surface area contributed by atoms with Gasteiger partial charge in [0.25, 0.3) is 0 Å². The summed E-state index contributed by atoms with van der Waals surface area (Å²) < 4.78 is 6.13. The predicted molar refractivity (Wildman–Crippen MR) is 90.8 cm³/mol. The SMILES string of the molecule is C[Si](C)(C)Oc1ccccc1CCN=Cc1cccnc1. The highest BCUT2D eigenvalue weighted by molar-refractivity contribution is 6.70. The maximum Gasteiger partial charge on any atom is 0.242 e. The minimum Gasteiger partial charge on any atom is -0.544 e. The number of para-hydroxylation sites is 1. The first kappa shape index (κ1) is 15.4. The van der Waals surface area contributed by atoms with Gasteiger partial charge in [0.05, 0.1) is 0 Å². The van der Waals surface area contributed by atoms with E-state index in [2.05, 4.69) is 47.8 Å². The number of nitrogens with zero attached hydrogens (tertiary/aromatic N) is 2. The smallest absolute Gasteiger partial charge is 0.242 e. The van der Waals surface area contributed by atoms with Gasteiger partial charge in [0.1, 0.15) is 5.75 Å². The fourth-order valence-corrected chi connectivity index (χ4v) is 2.81. The van der Waals surface area contributed by atoms with E-state index >= 15 is 0 Å². The van der Waals surface area contributed by atoms with E-state index in [1.807, 2.05) is 30.6 Å². The molecule has 0 aliphatic carbocycles. The zero-order valence-electron chi connectivity index (χ0n) is 12.9. The molecular weight excluding hydrogens is 276 g/mol. The summed E-state index contributed by atoms with van der Waals surface area (Å²) >= 11 is 0.